The fraction of sp³-hybridized carbons (Fsp3) is 0.455. The number of nitrogens with two attached hydrogens (primary N) is 1. The van der Waals surface area contributed by atoms with Gasteiger partial charge in [0.05, 0.1) is 0 Å². The van der Waals surface area contributed by atoms with E-state index < -0.39 is 0 Å². The summed E-state index contributed by atoms with van der Waals surface area (Å²) in [6.07, 6.45) is 3.92. The molecule has 24 heavy (non-hydrogen) atoms. The van der Waals surface area contributed by atoms with Gasteiger partial charge in [-0.1, -0.05) is 45.4 Å². The van der Waals surface area contributed by atoms with Crippen LogP contribution in [0.15, 0.2) is 48.5 Å². The molecule has 2 nitrogen and oxygen atoms in total. The van der Waals surface area contributed by atoms with Crippen molar-refractivity contribution >= 4 is 5.69 Å². The molecule has 0 saturated heterocycles. The Kier molecular flexibility index (Phi) is 5.13. The number of para-hydroxylation sites is 1. The van der Waals surface area contributed by atoms with Gasteiger partial charge in [0.15, 0.2) is 0 Å². The highest BCUT2D eigenvalue weighted by Gasteiger charge is 2.33. The molecule has 2 aromatic rings. The molecule has 3 atom stereocenters. The molecule has 2 aromatic carbocycles. The molecule has 2 heteroatoms. The normalized spacial score (nSPS) is 24.1. The number of hydrogen-bond donors (Lipinski definition) is 1. The highest BCUT2D eigenvalue weighted by Crippen LogP contribution is 2.47. The summed E-state index contributed by atoms with van der Waals surface area (Å²) in [6, 6.07) is 16.2. The second-order valence-electron chi connectivity index (χ2n) is 7.64. The highest BCUT2D eigenvalue weighted by molar-refractivity contribution is 5.45. The van der Waals surface area contributed by atoms with Crippen molar-refractivity contribution in [1.82, 2.24) is 0 Å². The average Bonchev–Trinajstić information content (AvgIpc) is 2.57. The summed E-state index contributed by atoms with van der Waals surface area (Å²) in [7, 11) is 0. The molecular formula is C22H29NO. The first-order valence-corrected chi connectivity index (χ1v) is 9.17. The number of rotatable bonds is 4. The first-order chi connectivity index (χ1) is 11.5. The van der Waals surface area contributed by atoms with Crippen molar-refractivity contribution in [3.8, 4) is 11.5 Å². The van der Waals surface area contributed by atoms with Crippen molar-refractivity contribution in [2.45, 2.75) is 46.0 Å². The Labute approximate surface area is 146 Å². The Morgan fingerprint density at radius 2 is 1.71 bits per heavy atom. The Hall–Kier alpha value is -1.96. The van der Waals surface area contributed by atoms with Crippen LogP contribution < -0.4 is 10.5 Å². The summed E-state index contributed by atoms with van der Waals surface area (Å²) in [6.45, 7) is 7.10. The molecule has 0 radical (unpaired) electrons. The maximum atomic E-state index is 6.23. The van der Waals surface area contributed by atoms with Gasteiger partial charge in [0, 0.05) is 5.69 Å². The Morgan fingerprint density at radius 3 is 2.42 bits per heavy atom. The minimum absolute atomic E-state index is 0.582. The van der Waals surface area contributed by atoms with Crippen molar-refractivity contribution in [3.05, 3.63) is 54.1 Å². The third-order valence-corrected chi connectivity index (χ3v) is 5.45. The van der Waals surface area contributed by atoms with Crippen LogP contribution in [0.2, 0.25) is 0 Å². The largest absolute Gasteiger partial charge is 0.457 e. The molecule has 2 N–H and O–H groups in total. The number of hydrogen-bond acceptors (Lipinski definition) is 2. The third kappa shape index (κ3) is 3.75. The Morgan fingerprint density at radius 1 is 1.00 bits per heavy atom. The highest BCUT2D eigenvalue weighted by atomic mass is 16.5. The van der Waals surface area contributed by atoms with Crippen LogP contribution in [-0.2, 0) is 0 Å². The SMILES string of the molecule is CC1CCC(C(C)C)C(c2ccccc2Oc2ccc(N)cc2)C1. The number of benzene rings is 2. The summed E-state index contributed by atoms with van der Waals surface area (Å²) in [5.41, 5.74) is 7.90. The molecule has 3 rings (SSSR count). The van der Waals surface area contributed by atoms with Crippen LogP contribution in [0.1, 0.15) is 51.5 Å². The van der Waals surface area contributed by atoms with Gasteiger partial charge in [-0.05, 0) is 72.4 Å². The van der Waals surface area contributed by atoms with E-state index in [1.165, 1.54) is 24.8 Å². The van der Waals surface area contributed by atoms with Crippen LogP contribution in [0, 0.1) is 17.8 Å². The molecule has 128 valence electrons. The molecule has 3 unspecified atom stereocenters. The van der Waals surface area contributed by atoms with E-state index in [2.05, 4.69) is 45.0 Å². The molecule has 0 aliphatic heterocycles. The molecule has 1 aliphatic carbocycles. The minimum atomic E-state index is 0.582. The topological polar surface area (TPSA) is 35.2 Å². The van der Waals surface area contributed by atoms with Gasteiger partial charge in [-0.3, -0.25) is 0 Å². The molecule has 1 aliphatic rings. The standard InChI is InChI=1S/C22H29NO/c1-15(2)19-13-8-16(3)14-21(19)20-6-4-5-7-22(20)24-18-11-9-17(23)10-12-18/h4-7,9-12,15-16,19,21H,8,13-14,23H2,1-3H3. The van der Waals surface area contributed by atoms with E-state index in [4.69, 9.17) is 10.5 Å². The smallest absolute Gasteiger partial charge is 0.130 e. The van der Waals surface area contributed by atoms with E-state index in [0.29, 0.717) is 11.8 Å². The lowest BCUT2D eigenvalue weighted by Gasteiger charge is -2.38. The zero-order chi connectivity index (χ0) is 17.1. The number of nitrogen functional groups attached to an aromatic ring is 1. The predicted molar refractivity (Wildman–Crippen MR) is 101 cm³/mol. The van der Waals surface area contributed by atoms with Crippen LogP contribution in [-0.4, -0.2) is 0 Å². The van der Waals surface area contributed by atoms with Crippen molar-refractivity contribution in [3.63, 3.8) is 0 Å². The predicted octanol–water partition coefficient (Wildman–Crippen LogP) is 6.24. The van der Waals surface area contributed by atoms with Crippen LogP contribution in [0.25, 0.3) is 0 Å². The second kappa shape index (κ2) is 7.29. The van der Waals surface area contributed by atoms with Crippen LogP contribution in [0.3, 0.4) is 0 Å². The molecule has 0 amide bonds. The third-order valence-electron chi connectivity index (χ3n) is 5.45. The quantitative estimate of drug-likeness (QED) is 0.676. The maximum Gasteiger partial charge on any atom is 0.130 e. The van der Waals surface area contributed by atoms with Gasteiger partial charge in [-0.15, -0.1) is 0 Å². The Balaban J connectivity index is 1.90. The summed E-state index contributed by atoms with van der Waals surface area (Å²) in [5.74, 6) is 4.64. The summed E-state index contributed by atoms with van der Waals surface area (Å²) < 4.78 is 6.23. The van der Waals surface area contributed by atoms with E-state index in [0.717, 1.165) is 29.0 Å². The number of ether oxygens (including phenoxy) is 1. The maximum absolute atomic E-state index is 6.23. The van der Waals surface area contributed by atoms with Crippen molar-refractivity contribution in [1.29, 1.82) is 0 Å². The second-order valence-corrected chi connectivity index (χ2v) is 7.64. The lowest BCUT2D eigenvalue weighted by Crippen LogP contribution is -2.26. The average molecular weight is 323 g/mol. The fourth-order valence-electron chi connectivity index (χ4n) is 4.10. The number of anilines is 1. The summed E-state index contributed by atoms with van der Waals surface area (Å²) in [5, 5.41) is 0. The zero-order valence-electron chi connectivity index (χ0n) is 15.0. The molecule has 0 heterocycles. The molecule has 0 aromatic heterocycles. The molecular weight excluding hydrogens is 294 g/mol. The van der Waals surface area contributed by atoms with E-state index in [1.54, 1.807) is 0 Å². The van der Waals surface area contributed by atoms with Gasteiger partial charge in [-0.2, -0.15) is 0 Å². The molecule has 0 bridgehead atoms. The van der Waals surface area contributed by atoms with Gasteiger partial charge in [-0.25, -0.2) is 0 Å². The first kappa shape index (κ1) is 16.9. The lowest BCUT2D eigenvalue weighted by atomic mass is 9.67. The van der Waals surface area contributed by atoms with Crippen molar-refractivity contribution < 1.29 is 4.74 Å². The monoisotopic (exact) mass is 323 g/mol. The van der Waals surface area contributed by atoms with Crippen LogP contribution in [0.4, 0.5) is 5.69 Å². The van der Waals surface area contributed by atoms with Crippen LogP contribution >= 0.6 is 0 Å². The van der Waals surface area contributed by atoms with Gasteiger partial charge in [0.2, 0.25) is 0 Å². The van der Waals surface area contributed by atoms with Gasteiger partial charge >= 0.3 is 0 Å². The van der Waals surface area contributed by atoms with E-state index >= 15 is 0 Å². The van der Waals surface area contributed by atoms with Gasteiger partial charge < -0.3 is 10.5 Å². The Bertz CT molecular complexity index is 662. The fourth-order valence-corrected chi connectivity index (χ4v) is 4.10. The van der Waals surface area contributed by atoms with Crippen molar-refractivity contribution in [2.24, 2.45) is 17.8 Å². The van der Waals surface area contributed by atoms with Gasteiger partial charge in [0.1, 0.15) is 11.5 Å². The molecule has 1 saturated carbocycles. The lowest BCUT2D eigenvalue weighted by molar-refractivity contribution is 0.195. The van der Waals surface area contributed by atoms with Crippen molar-refractivity contribution in [2.75, 3.05) is 5.73 Å². The van der Waals surface area contributed by atoms with Gasteiger partial charge in [0.25, 0.3) is 0 Å². The minimum Gasteiger partial charge on any atom is -0.457 e. The molecule has 0 spiro atoms. The molecule has 1 fully saturated rings. The van der Waals surface area contributed by atoms with E-state index in [9.17, 15) is 0 Å². The zero-order valence-corrected chi connectivity index (χ0v) is 15.0. The van der Waals surface area contributed by atoms with E-state index in [1.807, 2.05) is 24.3 Å². The first-order valence-electron chi connectivity index (χ1n) is 9.17. The van der Waals surface area contributed by atoms with E-state index in [-0.39, 0.29) is 0 Å². The summed E-state index contributed by atoms with van der Waals surface area (Å²) >= 11 is 0. The van der Waals surface area contributed by atoms with Crippen LogP contribution in [0.5, 0.6) is 11.5 Å². The summed E-state index contributed by atoms with van der Waals surface area (Å²) in [4.78, 5) is 0.